The summed E-state index contributed by atoms with van der Waals surface area (Å²) in [4.78, 5) is 11.8. The molecule has 1 aromatic carbocycles. The third-order valence-electron chi connectivity index (χ3n) is 3.20. The van der Waals surface area contributed by atoms with Gasteiger partial charge in [-0.3, -0.25) is 4.79 Å². The van der Waals surface area contributed by atoms with Crippen molar-refractivity contribution in [1.29, 1.82) is 0 Å². The van der Waals surface area contributed by atoms with Gasteiger partial charge in [-0.15, -0.1) is 0 Å². The zero-order chi connectivity index (χ0) is 13.0. The average molecular weight is 271 g/mol. The number of ether oxygens (including phenoxy) is 1. The number of benzene rings is 1. The van der Waals surface area contributed by atoms with Gasteiger partial charge in [0.05, 0.1) is 6.10 Å². The molecule has 1 heterocycles. The van der Waals surface area contributed by atoms with Gasteiger partial charge in [0, 0.05) is 30.0 Å². The summed E-state index contributed by atoms with van der Waals surface area (Å²) in [6.07, 6.45) is 3.51. The lowest BCUT2D eigenvalue weighted by Gasteiger charge is -2.09. The summed E-state index contributed by atoms with van der Waals surface area (Å²) in [5, 5.41) is 0.320. The minimum absolute atomic E-state index is 0.0116. The molecule has 1 atom stereocenters. The second-order valence-electron chi connectivity index (χ2n) is 4.59. The molecule has 4 heteroatoms. The first-order chi connectivity index (χ1) is 8.66. The summed E-state index contributed by atoms with van der Waals surface area (Å²) in [5.74, 6) is -0.398. The average Bonchev–Trinajstić information content (AvgIpc) is 2.84. The van der Waals surface area contributed by atoms with Gasteiger partial charge in [0.2, 0.25) is 0 Å². The normalized spacial score (nSPS) is 19.1. The van der Waals surface area contributed by atoms with E-state index < -0.39 is 5.82 Å². The molecule has 0 N–H and O–H groups in total. The van der Waals surface area contributed by atoms with E-state index in [0.717, 1.165) is 25.9 Å². The van der Waals surface area contributed by atoms with Crippen LogP contribution >= 0.6 is 11.6 Å². The second-order valence-corrected chi connectivity index (χ2v) is 5.00. The highest BCUT2D eigenvalue weighted by Gasteiger charge is 2.18. The fourth-order valence-electron chi connectivity index (χ4n) is 2.18. The lowest BCUT2D eigenvalue weighted by molar-refractivity contribution is -0.119. The molecule has 2 rings (SSSR count). The molecule has 1 aliphatic heterocycles. The Hall–Kier alpha value is -0.930. The molecule has 0 amide bonds. The lowest BCUT2D eigenvalue weighted by atomic mass is 10.0. The largest absolute Gasteiger partial charge is 0.378 e. The first-order valence-corrected chi connectivity index (χ1v) is 6.61. The van der Waals surface area contributed by atoms with Crippen LogP contribution in [0.2, 0.25) is 5.02 Å². The highest BCUT2D eigenvalue weighted by Crippen LogP contribution is 2.21. The summed E-state index contributed by atoms with van der Waals surface area (Å²) in [6, 6.07) is 4.47. The molecule has 0 aromatic heterocycles. The lowest BCUT2D eigenvalue weighted by Crippen LogP contribution is -2.11. The van der Waals surface area contributed by atoms with E-state index in [1.165, 1.54) is 12.1 Å². The molecule has 0 spiro atoms. The predicted molar refractivity (Wildman–Crippen MR) is 68.3 cm³/mol. The number of carbonyl (C=O) groups excluding carboxylic acids is 1. The van der Waals surface area contributed by atoms with E-state index in [9.17, 15) is 9.18 Å². The third-order valence-corrected chi connectivity index (χ3v) is 3.56. The van der Waals surface area contributed by atoms with Crippen LogP contribution < -0.4 is 0 Å². The van der Waals surface area contributed by atoms with Crippen molar-refractivity contribution in [2.45, 2.75) is 38.2 Å². The number of Topliss-reactive ketones (excluding diaryl/α,β-unsaturated/α-hetero) is 1. The quantitative estimate of drug-likeness (QED) is 0.818. The van der Waals surface area contributed by atoms with E-state index in [4.69, 9.17) is 16.3 Å². The van der Waals surface area contributed by atoms with Crippen molar-refractivity contribution in [3.8, 4) is 0 Å². The Morgan fingerprint density at radius 2 is 2.33 bits per heavy atom. The molecule has 1 fully saturated rings. The Labute approximate surface area is 111 Å². The summed E-state index contributed by atoms with van der Waals surface area (Å²) in [6.45, 7) is 0.790. The number of hydrogen-bond donors (Lipinski definition) is 0. The van der Waals surface area contributed by atoms with Crippen LogP contribution in [-0.4, -0.2) is 18.5 Å². The van der Waals surface area contributed by atoms with E-state index >= 15 is 0 Å². The summed E-state index contributed by atoms with van der Waals surface area (Å²) in [5.41, 5.74) is 0.302. The maximum Gasteiger partial charge on any atom is 0.137 e. The first-order valence-electron chi connectivity index (χ1n) is 6.23. The second kappa shape index (κ2) is 6.30. The van der Waals surface area contributed by atoms with Crippen molar-refractivity contribution in [1.82, 2.24) is 0 Å². The molecule has 1 aliphatic rings. The van der Waals surface area contributed by atoms with Gasteiger partial charge in [0.25, 0.3) is 0 Å². The van der Waals surface area contributed by atoms with Crippen molar-refractivity contribution >= 4 is 17.4 Å². The Balaban J connectivity index is 1.86. The summed E-state index contributed by atoms with van der Waals surface area (Å²) in [7, 11) is 0. The van der Waals surface area contributed by atoms with Gasteiger partial charge >= 0.3 is 0 Å². The Morgan fingerprint density at radius 1 is 1.50 bits per heavy atom. The van der Waals surface area contributed by atoms with E-state index in [0.29, 0.717) is 17.0 Å². The van der Waals surface area contributed by atoms with Crippen LogP contribution in [0.1, 0.15) is 31.2 Å². The van der Waals surface area contributed by atoms with Crippen LogP contribution in [0.15, 0.2) is 18.2 Å². The van der Waals surface area contributed by atoms with E-state index in [1.807, 2.05) is 0 Å². The monoisotopic (exact) mass is 270 g/mol. The number of rotatable bonds is 5. The molecule has 18 heavy (non-hydrogen) atoms. The van der Waals surface area contributed by atoms with Crippen LogP contribution in [0.4, 0.5) is 4.39 Å². The minimum atomic E-state index is -0.409. The van der Waals surface area contributed by atoms with E-state index in [2.05, 4.69) is 0 Å². The zero-order valence-electron chi connectivity index (χ0n) is 10.1. The Morgan fingerprint density at radius 3 is 3.00 bits per heavy atom. The molecule has 1 saturated heterocycles. The fraction of sp³-hybridized carbons (Fsp3) is 0.500. The van der Waals surface area contributed by atoms with Crippen molar-refractivity contribution in [3.63, 3.8) is 0 Å². The first kappa shape index (κ1) is 13.5. The number of halogens is 2. The van der Waals surface area contributed by atoms with Crippen molar-refractivity contribution in [3.05, 3.63) is 34.6 Å². The molecule has 98 valence electrons. The molecular formula is C14H16ClFO2. The van der Waals surface area contributed by atoms with E-state index in [-0.39, 0.29) is 18.3 Å². The standard InChI is InChI=1S/C14H16ClFO2/c15-13-4-1-5-14(16)12(13)9-10(17)6-7-11-3-2-8-18-11/h1,4-5,11H,2-3,6-9H2. The third kappa shape index (κ3) is 3.53. The molecule has 1 aromatic rings. The SMILES string of the molecule is O=C(CCC1CCCO1)Cc1c(F)cccc1Cl. The van der Waals surface area contributed by atoms with Crippen LogP contribution in [-0.2, 0) is 16.0 Å². The van der Waals surface area contributed by atoms with Crippen LogP contribution in [0.25, 0.3) is 0 Å². The van der Waals surface area contributed by atoms with Crippen LogP contribution in [0.5, 0.6) is 0 Å². The van der Waals surface area contributed by atoms with Gasteiger partial charge in [-0.05, 0) is 31.4 Å². The topological polar surface area (TPSA) is 26.3 Å². The highest BCUT2D eigenvalue weighted by atomic mass is 35.5. The number of carbonyl (C=O) groups is 1. The Bertz CT molecular complexity index is 408. The smallest absolute Gasteiger partial charge is 0.137 e. The molecule has 1 unspecified atom stereocenters. The molecule has 0 radical (unpaired) electrons. The maximum atomic E-state index is 13.5. The zero-order valence-corrected chi connectivity index (χ0v) is 10.9. The van der Waals surface area contributed by atoms with Gasteiger partial charge in [-0.2, -0.15) is 0 Å². The minimum Gasteiger partial charge on any atom is -0.378 e. The highest BCUT2D eigenvalue weighted by molar-refractivity contribution is 6.31. The van der Waals surface area contributed by atoms with Crippen LogP contribution in [0, 0.1) is 5.82 Å². The van der Waals surface area contributed by atoms with Gasteiger partial charge in [-0.25, -0.2) is 4.39 Å². The maximum absolute atomic E-state index is 13.5. The van der Waals surface area contributed by atoms with Crippen LogP contribution in [0.3, 0.4) is 0 Å². The van der Waals surface area contributed by atoms with Crippen molar-refractivity contribution < 1.29 is 13.9 Å². The summed E-state index contributed by atoms with van der Waals surface area (Å²) < 4.78 is 18.9. The molecule has 0 aliphatic carbocycles. The van der Waals surface area contributed by atoms with E-state index in [1.54, 1.807) is 6.07 Å². The van der Waals surface area contributed by atoms with Crippen molar-refractivity contribution in [2.75, 3.05) is 6.61 Å². The van der Waals surface area contributed by atoms with Gasteiger partial charge in [0.1, 0.15) is 11.6 Å². The fourth-order valence-corrected chi connectivity index (χ4v) is 2.41. The summed E-state index contributed by atoms with van der Waals surface area (Å²) >= 11 is 5.88. The van der Waals surface area contributed by atoms with Gasteiger partial charge in [0.15, 0.2) is 0 Å². The molecule has 0 saturated carbocycles. The number of hydrogen-bond acceptors (Lipinski definition) is 2. The molecule has 0 bridgehead atoms. The molecule has 2 nitrogen and oxygen atoms in total. The molecular weight excluding hydrogens is 255 g/mol. The van der Waals surface area contributed by atoms with Crippen molar-refractivity contribution in [2.24, 2.45) is 0 Å². The van der Waals surface area contributed by atoms with Gasteiger partial charge in [-0.1, -0.05) is 17.7 Å². The number of ketones is 1. The van der Waals surface area contributed by atoms with Gasteiger partial charge < -0.3 is 4.74 Å². The predicted octanol–water partition coefficient (Wildman–Crippen LogP) is 3.55. The Kier molecular flexibility index (Phi) is 4.72.